The van der Waals surface area contributed by atoms with Crippen molar-refractivity contribution in [1.82, 2.24) is 15.2 Å². The van der Waals surface area contributed by atoms with Crippen LogP contribution in [-0.2, 0) is 9.59 Å². The predicted molar refractivity (Wildman–Crippen MR) is 124 cm³/mol. The van der Waals surface area contributed by atoms with E-state index in [9.17, 15) is 14.0 Å². The lowest BCUT2D eigenvalue weighted by Gasteiger charge is -2.18. The van der Waals surface area contributed by atoms with Crippen LogP contribution in [0.4, 0.5) is 20.3 Å². The molecule has 2 aromatic carbocycles. The van der Waals surface area contributed by atoms with Crippen molar-refractivity contribution in [2.45, 2.75) is 6.92 Å². The lowest BCUT2D eigenvalue weighted by molar-refractivity contribution is -0.116. The number of anilines is 3. The van der Waals surface area contributed by atoms with Crippen LogP contribution in [0.25, 0.3) is 16.6 Å². The maximum atomic E-state index is 14.2. The third-order valence-electron chi connectivity index (χ3n) is 4.19. The average molecular weight is 466 g/mol. The smallest absolute Gasteiger partial charge is 0.250 e. The highest BCUT2D eigenvalue weighted by atomic mass is 32.1. The maximum absolute atomic E-state index is 14.2. The van der Waals surface area contributed by atoms with E-state index < -0.39 is 11.7 Å². The van der Waals surface area contributed by atoms with Crippen molar-refractivity contribution in [3.05, 3.63) is 77.6 Å². The molecule has 2 amide bonds. The molecule has 0 spiro atoms. The summed E-state index contributed by atoms with van der Waals surface area (Å²) in [5, 5.41) is 13.8. The Morgan fingerprint density at radius 3 is 2.56 bits per heavy atom. The molecule has 4 rings (SSSR count). The van der Waals surface area contributed by atoms with Gasteiger partial charge in [0.1, 0.15) is 10.8 Å². The number of nitrogens with one attached hydrogen (secondary N) is 1. The Morgan fingerprint density at radius 1 is 1.06 bits per heavy atom. The molecular formula is C22H16FN5O2S2. The molecule has 0 aliphatic heterocycles. The Kier molecular flexibility index (Phi) is 6.43. The summed E-state index contributed by atoms with van der Waals surface area (Å²) in [4.78, 5) is 29.9. The van der Waals surface area contributed by atoms with E-state index in [-0.39, 0.29) is 11.6 Å². The molecule has 0 bridgehead atoms. The molecule has 32 heavy (non-hydrogen) atoms. The van der Waals surface area contributed by atoms with Crippen LogP contribution in [0.2, 0.25) is 0 Å². The SMILES string of the molecule is CC(=O)N(c1nc(/C=C/C(=O)Nc2nnc(-c3ccccc3)s2)cs1)c1ccccc1F. The van der Waals surface area contributed by atoms with E-state index in [2.05, 4.69) is 20.5 Å². The van der Waals surface area contributed by atoms with Gasteiger partial charge in [0.2, 0.25) is 16.9 Å². The molecule has 10 heteroatoms. The van der Waals surface area contributed by atoms with Gasteiger partial charge in [-0.2, -0.15) is 0 Å². The highest BCUT2D eigenvalue weighted by molar-refractivity contribution is 7.18. The molecule has 2 aromatic heterocycles. The Hall–Kier alpha value is -3.76. The molecule has 7 nitrogen and oxygen atoms in total. The molecule has 0 atom stereocenters. The van der Waals surface area contributed by atoms with E-state index in [1.54, 1.807) is 17.5 Å². The molecular weight excluding hydrogens is 449 g/mol. The number of amides is 2. The van der Waals surface area contributed by atoms with E-state index >= 15 is 0 Å². The molecule has 0 unspecified atom stereocenters. The number of nitrogens with zero attached hydrogens (tertiary/aromatic N) is 4. The topological polar surface area (TPSA) is 88.1 Å². The molecule has 1 N–H and O–H groups in total. The fraction of sp³-hybridized carbons (Fsp3) is 0.0455. The zero-order chi connectivity index (χ0) is 22.5. The summed E-state index contributed by atoms with van der Waals surface area (Å²) in [6, 6.07) is 15.5. The quantitative estimate of drug-likeness (QED) is 0.399. The Balaban J connectivity index is 1.44. The van der Waals surface area contributed by atoms with Crippen LogP contribution in [0, 0.1) is 5.82 Å². The number of hydrogen-bond donors (Lipinski definition) is 1. The lowest BCUT2D eigenvalue weighted by atomic mass is 10.2. The molecule has 0 fully saturated rings. The predicted octanol–water partition coefficient (Wildman–Crippen LogP) is 5.14. The first-order valence-electron chi connectivity index (χ1n) is 9.40. The third-order valence-corrected chi connectivity index (χ3v) is 5.92. The number of aromatic nitrogens is 3. The van der Waals surface area contributed by atoms with Gasteiger partial charge in [0.05, 0.1) is 11.4 Å². The number of carbonyl (C=O) groups excluding carboxylic acids is 2. The fourth-order valence-electron chi connectivity index (χ4n) is 2.78. The van der Waals surface area contributed by atoms with Crippen LogP contribution in [0.15, 0.2) is 66.1 Å². The number of halogens is 1. The molecule has 2 heterocycles. The third kappa shape index (κ3) is 4.93. The van der Waals surface area contributed by atoms with Gasteiger partial charge in [-0.15, -0.1) is 21.5 Å². The molecule has 160 valence electrons. The molecule has 0 aliphatic carbocycles. The van der Waals surface area contributed by atoms with Crippen LogP contribution in [0.1, 0.15) is 12.6 Å². The minimum atomic E-state index is -0.527. The molecule has 0 saturated carbocycles. The summed E-state index contributed by atoms with van der Waals surface area (Å²) < 4.78 is 14.2. The van der Waals surface area contributed by atoms with Crippen LogP contribution in [0.5, 0.6) is 0 Å². The average Bonchev–Trinajstić information content (AvgIpc) is 3.44. The van der Waals surface area contributed by atoms with Gasteiger partial charge in [0.15, 0.2) is 5.13 Å². The van der Waals surface area contributed by atoms with Gasteiger partial charge in [-0.3, -0.25) is 19.8 Å². The van der Waals surface area contributed by atoms with Gasteiger partial charge in [-0.25, -0.2) is 9.37 Å². The molecule has 0 saturated heterocycles. The van der Waals surface area contributed by atoms with E-state index in [0.29, 0.717) is 21.0 Å². The van der Waals surface area contributed by atoms with Gasteiger partial charge in [-0.05, 0) is 18.2 Å². The highest BCUT2D eigenvalue weighted by Gasteiger charge is 2.20. The summed E-state index contributed by atoms with van der Waals surface area (Å²) in [6.07, 6.45) is 2.82. The second-order valence-corrected chi connectivity index (χ2v) is 8.28. The van der Waals surface area contributed by atoms with Crippen molar-refractivity contribution in [2.75, 3.05) is 10.2 Å². The number of hydrogen-bond acceptors (Lipinski definition) is 7. The zero-order valence-electron chi connectivity index (χ0n) is 16.7. The number of rotatable bonds is 6. The van der Waals surface area contributed by atoms with E-state index in [0.717, 1.165) is 5.56 Å². The van der Waals surface area contributed by atoms with Gasteiger partial charge in [0.25, 0.3) is 0 Å². The second kappa shape index (κ2) is 9.58. The van der Waals surface area contributed by atoms with E-state index in [4.69, 9.17) is 0 Å². The highest BCUT2D eigenvalue weighted by Crippen LogP contribution is 2.31. The summed E-state index contributed by atoms with van der Waals surface area (Å²) in [7, 11) is 0. The van der Waals surface area contributed by atoms with E-state index in [1.165, 1.54) is 58.8 Å². The minimum absolute atomic E-state index is 0.119. The Morgan fingerprint density at radius 2 is 1.81 bits per heavy atom. The summed E-state index contributed by atoms with van der Waals surface area (Å²) in [6.45, 7) is 1.34. The first kappa shape index (κ1) is 21.5. The number of benzene rings is 2. The van der Waals surface area contributed by atoms with Gasteiger partial charge in [0, 0.05) is 23.9 Å². The second-order valence-electron chi connectivity index (χ2n) is 6.46. The van der Waals surface area contributed by atoms with Crippen LogP contribution in [0.3, 0.4) is 0 Å². The van der Waals surface area contributed by atoms with Crippen molar-refractivity contribution in [2.24, 2.45) is 0 Å². The summed E-state index contributed by atoms with van der Waals surface area (Å²) in [5.41, 5.74) is 1.50. The van der Waals surface area contributed by atoms with Gasteiger partial charge in [-0.1, -0.05) is 53.8 Å². The Bertz CT molecular complexity index is 1290. The number of carbonyl (C=O) groups is 2. The monoisotopic (exact) mass is 465 g/mol. The van der Waals surface area contributed by atoms with Crippen LogP contribution < -0.4 is 10.2 Å². The normalized spacial score (nSPS) is 10.9. The van der Waals surface area contributed by atoms with Gasteiger partial charge < -0.3 is 0 Å². The minimum Gasteiger partial charge on any atom is -0.297 e. The van der Waals surface area contributed by atoms with Gasteiger partial charge >= 0.3 is 0 Å². The van der Waals surface area contributed by atoms with Crippen LogP contribution >= 0.6 is 22.7 Å². The van der Waals surface area contributed by atoms with Crippen molar-refractivity contribution < 1.29 is 14.0 Å². The molecule has 0 radical (unpaired) electrons. The van der Waals surface area contributed by atoms with Crippen molar-refractivity contribution in [3.8, 4) is 10.6 Å². The van der Waals surface area contributed by atoms with Crippen molar-refractivity contribution in [1.29, 1.82) is 0 Å². The first-order valence-corrected chi connectivity index (χ1v) is 11.1. The lowest BCUT2D eigenvalue weighted by Crippen LogP contribution is -2.23. The van der Waals surface area contributed by atoms with E-state index in [1.807, 2.05) is 30.3 Å². The maximum Gasteiger partial charge on any atom is 0.250 e. The summed E-state index contributed by atoms with van der Waals surface area (Å²) >= 11 is 2.44. The first-order chi connectivity index (χ1) is 15.5. The standard InChI is InChI=1S/C22H16FN5O2S2/c1-14(29)28(18-10-6-5-9-17(18)23)22-24-16(13-31-22)11-12-19(30)25-21-27-26-20(32-21)15-7-3-2-4-8-15/h2-13H,1H3,(H,25,27,30)/b12-11+. The van der Waals surface area contributed by atoms with Crippen molar-refractivity contribution in [3.63, 3.8) is 0 Å². The zero-order valence-corrected chi connectivity index (χ0v) is 18.4. The van der Waals surface area contributed by atoms with Crippen molar-refractivity contribution >= 4 is 56.5 Å². The number of thiazole rings is 1. The Labute approximate surface area is 190 Å². The molecule has 4 aromatic rings. The largest absolute Gasteiger partial charge is 0.297 e. The molecule has 0 aliphatic rings. The number of para-hydroxylation sites is 1. The fourth-order valence-corrected chi connectivity index (χ4v) is 4.38. The van der Waals surface area contributed by atoms with Crippen LogP contribution in [-0.4, -0.2) is 27.0 Å². The summed E-state index contributed by atoms with van der Waals surface area (Å²) in [5.74, 6) is -1.29.